The van der Waals surface area contributed by atoms with Crippen LogP contribution in [0.2, 0.25) is 18.1 Å². The average molecular weight is 377 g/mol. The lowest BCUT2D eigenvalue weighted by Gasteiger charge is -2.42. The Morgan fingerprint density at radius 1 is 1.33 bits per heavy atom. The third-order valence-electron chi connectivity index (χ3n) is 4.34. The number of alkyl halides is 1. The summed E-state index contributed by atoms with van der Waals surface area (Å²) in [5, 5.41) is 1.06. The van der Waals surface area contributed by atoms with E-state index in [-0.39, 0.29) is 23.2 Å². The Labute approximate surface area is 141 Å². The van der Waals surface area contributed by atoms with Gasteiger partial charge in [0.25, 0.3) is 0 Å². The number of ether oxygens (including phenoxy) is 1. The molecule has 0 aliphatic heterocycles. The summed E-state index contributed by atoms with van der Waals surface area (Å²) in [5.41, 5.74) is 1.31. The predicted molar refractivity (Wildman–Crippen MR) is 99.8 cm³/mol. The summed E-state index contributed by atoms with van der Waals surface area (Å²) in [6.45, 7) is 19.6. The van der Waals surface area contributed by atoms with E-state index < -0.39 is 8.32 Å². The van der Waals surface area contributed by atoms with E-state index >= 15 is 0 Å². The van der Waals surface area contributed by atoms with Crippen LogP contribution in [0, 0.1) is 5.92 Å². The van der Waals surface area contributed by atoms with E-state index in [4.69, 9.17) is 9.16 Å². The lowest BCUT2D eigenvalue weighted by Crippen LogP contribution is -2.49. The van der Waals surface area contributed by atoms with Crippen LogP contribution in [0.3, 0.4) is 0 Å². The van der Waals surface area contributed by atoms with Gasteiger partial charge in [0, 0.05) is 18.4 Å². The van der Waals surface area contributed by atoms with E-state index in [0.29, 0.717) is 0 Å². The fraction of sp³-hybridized carbons (Fsp3) is 0.765. The second-order valence-electron chi connectivity index (χ2n) is 7.28. The van der Waals surface area contributed by atoms with Crippen molar-refractivity contribution in [3.8, 4) is 0 Å². The number of rotatable bonds is 8. The molecule has 0 radical (unpaired) electrons. The van der Waals surface area contributed by atoms with Gasteiger partial charge in [-0.05, 0) is 25.1 Å². The molecule has 0 N–H and O–H groups in total. The zero-order valence-electron chi connectivity index (χ0n) is 15.0. The van der Waals surface area contributed by atoms with Crippen LogP contribution >= 0.6 is 15.9 Å². The largest absolute Gasteiger partial charge is 0.410 e. The maximum atomic E-state index is 6.64. The highest BCUT2D eigenvalue weighted by molar-refractivity contribution is 9.09. The average Bonchev–Trinajstić information content (AvgIpc) is 2.37. The number of hydrogen-bond acceptors (Lipinski definition) is 2. The quantitative estimate of drug-likeness (QED) is 0.313. The Balaban J connectivity index is 5.39. The lowest BCUT2D eigenvalue weighted by atomic mass is 9.97. The molecule has 0 saturated heterocycles. The van der Waals surface area contributed by atoms with Crippen molar-refractivity contribution in [3.63, 3.8) is 0 Å². The molecule has 0 aromatic carbocycles. The molecule has 0 heterocycles. The Hall–Kier alpha value is 0.0969. The zero-order valence-corrected chi connectivity index (χ0v) is 17.6. The molecule has 21 heavy (non-hydrogen) atoms. The summed E-state index contributed by atoms with van der Waals surface area (Å²) in [5.74, 6) is 0.277. The first kappa shape index (κ1) is 21.1. The lowest BCUT2D eigenvalue weighted by molar-refractivity contribution is 0.00601. The van der Waals surface area contributed by atoms with Crippen molar-refractivity contribution in [3.05, 3.63) is 24.3 Å². The summed E-state index contributed by atoms with van der Waals surface area (Å²) >= 11 is 3.50. The normalized spacial score (nSPS) is 18.2. The van der Waals surface area contributed by atoms with Gasteiger partial charge in [0.1, 0.15) is 6.10 Å². The number of hydrogen-bond donors (Lipinski definition) is 0. The molecular formula is C17H33BrO2Si. The van der Waals surface area contributed by atoms with E-state index in [9.17, 15) is 0 Å². The van der Waals surface area contributed by atoms with Crippen LogP contribution in [-0.2, 0) is 9.16 Å². The van der Waals surface area contributed by atoms with Gasteiger partial charge in [-0.3, -0.25) is 0 Å². The Kier molecular flexibility index (Phi) is 8.70. The summed E-state index contributed by atoms with van der Waals surface area (Å²) in [4.78, 5) is 0. The zero-order chi connectivity index (χ0) is 16.8. The fourth-order valence-electron chi connectivity index (χ4n) is 1.94. The molecule has 124 valence electrons. The third kappa shape index (κ3) is 6.39. The number of allylic oxidation sites excluding steroid dienone is 1. The second-order valence-corrected chi connectivity index (χ2v) is 12.6. The second kappa shape index (κ2) is 8.66. The van der Waals surface area contributed by atoms with Crippen LogP contribution in [0.15, 0.2) is 24.3 Å². The molecule has 0 unspecified atom stereocenters. The molecule has 3 atom stereocenters. The molecule has 4 heteroatoms. The van der Waals surface area contributed by atoms with Gasteiger partial charge in [-0.15, -0.1) is 6.58 Å². The highest BCUT2D eigenvalue weighted by Gasteiger charge is 2.41. The molecule has 0 rings (SSSR count). The van der Waals surface area contributed by atoms with E-state index in [0.717, 1.165) is 5.33 Å². The maximum Gasteiger partial charge on any atom is 0.192 e. The van der Waals surface area contributed by atoms with Gasteiger partial charge < -0.3 is 9.16 Å². The molecule has 0 amide bonds. The monoisotopic (exact) mass is 376 g/mol. The van der Waals surface area contributed by atoms with Crippen LogP contribution in [0.5, 0.6) is 0 Å². The van der Waals surface area contributed by atoms with Gasteiger partial charge in [-0.25, -0.2) is 0 Å². The molecule has 0 aromatic rings. The van der Waals surface area contributed by atoms with Gasteiger partial charge >= 0.3 is 0 Å². The van der Waals surface area contributed by atoms with Crippen molar-refractivity contribution in [2.75, 3.05) is 12.4 Å². The number of halogens is 1. The molecule has 0 aromatic heterocycles. The highest BCUT2D eigenvalue weighted by Crippen LogP contribution is 2.39. The summed E-state index contributed by atoms with van der Waals surface area (Å²) in [7, 11) is -0.132. The van der Waals surface area contributed by atoms with Crippen LogP contribution in [-0.4, -0.2) is 33.0 Å². The molecule has 0 aliphatic carbocycles. The fourth-order valence-corrected chi connectivity index (χ4v) is 3.51. The van der Waals surface area contributed by atoms with Crippen molar-refractivity contribution < 1.29 is 9.16 Å². The smallest absolute Gasteiger partial charge is 0.192 e. The standard InChI is InChI=1S/C17H33BrO2Si/c1-10-15(19-7)16(14(3)11-13(2)12-18)20-21(8,9)17(4,5)6/h10-11,14-16H,1,12H2,2-9H3/b13-11-/t14-,15+,16+/m1/s1. The van der Waals surface area contributed by atoms with Gasteiger partial charge in [-0.2, -0.15) is 0 Å². The SMILES string of the molecule is C=C[C@H](OC)[C@@H](O[Si](C)(C)C(C)(C)C)[C@H](C)/C=C(/C)CBr. The molecule has 0 aliphatic rings. The van der Waals surface area contributed by atoms with Gasteiger partial charge in [-0.1, -0.05) is 61.4 Å². The van der Waals surface area contributed by atoms with Gasteiger partial charge in [0.05, 0.1) is 6.10 Å². The Morgan fingerprint density at radius 3 is 2.19 bits per heavy atom. The van der Waals surface area contributed by atoms with Crippen LogP contribution in [0.1, 0.15) is 34.6 Å². The highest BCUT2D eigenvalue weighted by atomic mass is 79.9. The van der Waals surface area contributed by atoms with E-state index in [1.807, 2.05) is 6.08 Å². The van der Waals surface area contributed by atoms with E-state index in [1.54, 1.807) is 7.11 Å². The molecule has 0 saturated carbocycles. The predicted octanol–water partition coefficient (Wildman–Crippen LogP) is 5.56. The van der Waals surface area contributed by atoms with Crippen molar-refractivity contribution in [1.29, 1.82) is 0 Å². The van der Waals surface area contributed by atoms with Crippen molar-refractivity contribution in [2.24, 2.45) is 5.92 Å². The van der Waals surface area contributed by atoms with Crippen LogP contribution in [0.4, 0.5) is 0 Å². The first-order valence-electron chi connectivity index (χ1n) is 7.56. The van der Waals surface area contributed by atoms with Crippen LogP contribution < -0.4 is 0 Å². The molecular weight excluding hydrogens is 344 g/mol. The van der Waals surface area contributed by atoms with Crippen LogP contribution in [0.25, 0.3) is 0 Å². The van der Waals surface area contributed by atoms with Gasteiger partial charge in [0.15, 0.2) is 8.32 Å². The first-order chi connectivity index (χ1) is 9.50. The van der Waals surface area contributed by atoms with E-state index in [2.05, 4.69) is 76.3 Å². The molecule has 0 spiro atoms. The minimum absolute atomic E-state index is 0.00221. The van der Waals surface area contributed by atoms with E-state index in [1.165, 1.54) is 5.57 Å². The molecule has 0 fully saturated rings. The van der Waals surface area contributed by atoms with Gasteiger partial charge in [0.2, 0.25) is 0 Å². The first-order valence-corrected chi connectivity index (χ1v) is 11.6. The summed E-state index contributed by atoms with van der Waals surface area (Å²) < 4.78 is 12.2. The summed E-state index contributed by atoms with van der Waals surface area (Å²) in [6.07, 6.45) is 4.03. The summed E-state index contributed by atoms with van der Waals surface area (Å²) in [6, 6.07) is 0. The molecule has 2 nitrogen and oxygen atoms in total. The third-order valence-corrected chi connectivity index (χ3v) is 9.70. The minimum Gasteiger partial charge on any atom is -0.410 e. The Morgan fingerprint density at radius 2 is 1.86 bits per heavy atom. The minimum atomic E-state index is -1.86. The number of methoxy groups -OCH3 is 1. The Bertz CT molecular complexity index is 358. The van der Waals surface area contributed by atoms with Crippen molar-refractivity contribution in [2.45, 2.75) is 65.0 Å². The van der Waals surface area contributed by atoms with Crippen molar-refractivity contribution in [1.82, 2.24) is 0 Å². The maximum absolute atomic E-state index is 6.64. The van der Waals surface area contributed by atoms with Crippen molar-refractivity contribution >= 4 is 24.2 Å². The topological polar surface area (TPSA) is 18.5 Å². The molecule has 0 bridgehead atoms.